The Balaban J connectivity index is 2.09. The summed E-state index contributed by atoms with van der Waals surface area (Å²) in [6.45, 7) is 3.88. The molecular weight excluding hydrogens is 404 g/mol. The molecule has 2 aliphatic heterocycles. The molecule has 0 N–H and O–H groups in total. The van der Waals surface area contributed by atoms with Crippen LogP contribution in [0.25, 0.3) is 0 Å². The number of carbonyl (C=O) groups is 2. The maximum Gasteiger partial charge on any atom is 0.337 e. The highest BCUT2D eigenvalue weighted by atomic mass is 16.7. The summed E-state index contributed by atoms with van der Waals surface area (Å²) in [5.74, 6) is -1.11. The minimum absolute atomic E-state index is 0.198. The fourth-order valence-corrected chi connectivity index (χ4v) is 3.14. The van der Waals surface area contributed by atoms with Crippen molar-refractivity contribution < 1.29 is 38.0 Å². The SMILES string of the molecule is CCOC(=O)/C=C/C(=C/C(=C/COC1CCCCO1)COC1CCCCO1)C(=O)OC. The van der Waals surface area contributed by atoms with E-state index in [0.29, 0.717) is 25.4 Å². The molecule has 174 valence electrons. The summed E-state index contributed by atoms with van der Waals surface area (Å²) in [5, 5.41) is 0. The van der Waals surface area contributed by atoms with Crippen molar-refractivity contribution in [3.05, 3.63) is 35.5 Å². The van der Waals surface area contributed by atoms with Crippen LogP contribution in [0.4, 0.5) is 0 Å². The molecule has 0 aromatic rings. The molecule has 2 aliphatic rings. The zero-order valence-corrected chi connectivity index (χ0v) is 18.5. The van der Waals surface area contributed by atoms with Crippen molar-refractivity contribution in [2.24, 2.45) is 0 Å². The first-order valence-electron chi connectivity index (χ1n) is 10.9. The predicted molar refractivity (Wildman–Crippen MR) is 113 cm³/mol. The van der Waals surface area contributed by atoms with Gasteiger partial charge in [0.1, 0.15) is 0 Å². The molecule has 0 radical (unpaired) electrons. The Morgan fingerprint density at radius 2 is 1.65 bits per heavy atom. The van der Waals surface area contributed by atoms with Crippen LogP contribution in [0.2, 0.25) is 0 Å². The van der Waals surface area contributed by atoms with Crippen LogP contribution in [0.5, 0.6) is 0 Å². The summed E-state index contributed by atoms with van der Waals surface area (Å²) in [7, 11) is 1.29. The first-order valence-corrected chi connectivity index (χ1v) is 10.9. The van der Waals surface area contributed by atoms with E-state index in [1.165, 1.54) is 19.3 Å². The molecule has 2 saturated heterocycles. The lowest BCUT2D eigenvalue weighted by Crippen LogP contribution is -2.23. The zero-order chi connectivity index (χ0) is 22.3. The Kier molecular flexibility index (Phi) is 12.2. The van der Waals surface area contributed by atoms with Crippen molar-refractivity contribution in [3.8, 4) is 0 Å². The third-order valence-corrected chi connectivity index (χ3v) is 4.79. The number of hydrogen-bond acceptors (Lipinski definition) is 8. The highest BCUT2D eigenvalue weighted by Crippen LogP contribution is 2.17. The summed E-state index contributed by atoms with van der Waals surface area (Å²) in [5.41, 5.74) is 0.905. The predicted octanol–water partition coefficient (Wildman–Crippen LogP) is 3.22. The standard InChI is InChI=1S/C23H34O8/c1-3-27-20(24)11-10-19(23(25)26-2)16-18(17-31-22-9-5-7-14-29-22)12-15-30-21-8-4-6-13-28-21/h10-12,16,21-22H,3-9,13-15,17H2,1-2H3/b11-10+,18-12-,19-16-. The maximum absolute atomic E-state index is 12.2. The van der Waals surface area contributed by atoms with Gasteiger partial charge in [-0.25, -0.2) is 9.59 Å². The average Bonchev–Trinajstić information content (AvgIpc) is 2.80. The normalized spacial score (nSPS) is 23.0. The summed E-state index contributed by atoms with van der Waals surface area (Å²) < 4.78 is 32.6. The van der Waals surface area contributed by atoms with Crippen LogP contribution >= 0.6 is 0 Å². The summed E-state index contributed by atoms with van der Waals surface area (Å²) in [6, 6.07) is 0. The van der Waals surface area contributed by atoms with Crippen molar-refractivity contribution in [3.63, 3.8) is 0 Å². The summed E-state index contributed by atoms with van der Waals surface area (Å²) >= 11 is 0. The maximum atomic E-state index is 12.2. The van der Waals surface area contributed by atoms with Gasteiger partial charge in [0.2, 0.25) is 0 Å². The van der Waals surface area contributed by atoms with Crippen molar-refractivity contribution in [1.82, 2.24) is 0 Å². The van der Waals surface area contributed by atoms with E-state index in [2.05, 4.69) is 0 Å². The van der Waals surface area contributed by atoms with Gasteiger partial charge in [0.25, 0.3) is 0 Å². The van der Waals surface area contributed by atoms with E-state index in [0.717, 1.165) is 38.5 Å². The van der Waals surface area contributed by atoms with Crippen LogP contribution in [0.3, 0.4) is 0 Å². The van der Waals surface area contributed by atoms with Gasteiger partial charge in [-0.1, -0.05) is 6.08 Å². The van der Waals surface area contributed by atoms with Gasteiger partial charge in [-0.05, 0) is 63.2 Å². The van der Waals surface area contributed by atoms with Crippen LogP contribution in [0.15, 0.2) is 35.5 Å². The molecular formula is C23H34O8. The molecule has 8 nitrogen and oxygen atoms in total. The van der Waals surface area contributed by atoms with Crippen molar-refractivity contribution in [2.45, 2.75) is 58.0 Å². The molecule has 0 amide bonds. The number of ether oxygens (including phenoxy) is 6. The lowest BCUT2D eigenvalue weighted by atomic mass is 10.1. The molecule has 0 aliphatic carbocycles. The minimum Gasteiger partial charge on any atom is -0.465 e. The number of methoxy groups -OCH3 is 1. The topological polar surface area (TPSA) is 89.5 Å². The number of carbonyl (C=O) groups excluding carboxylic acids is 2. The highest BCUT2D eigenvalue weighted by Gasteiger charge is 2.16. The van der Waals surface area contributed by atoms with E-state index in [-0.39, 0.29) is 31.4 Å². The van der Waals surface area contributed by atoms with Crippen LogP contribution < -0.4 is 0 Å². The molecule has 2 heterocycles. The molecule has 0 spiro atoms. The van der Waals surface area contributed by atoms with Crippen LogP contribution in [-0.2, 0) is 38.0 Å². The van der Waals surface area contributed by atoms with Gasteiger partial charge in [0.15, 0.2) is 12.6 Å². The number of rotatable bonds is 11. The number of hydrogen-bond donors (Lipinski definition) is 0. The molecule has 0 aromatic heterocycles. The first kappa shape index (κ1) is 25.3. The lowest BCUT2D eigenvalue weighted by Gasteiger charge is -2.23. The quantitative estimate of drug-likeness (QED) is 0.276. The van der Waals surface area contributed by atoms with E-state index in [1.54, 1.807) is 13.0 Å². The number of esters is 2. The Morgan fingerprint density at radius 3 is 2.23 bits per heavy atom. The lowest BCUT2D eigenvalue weighted by molar-refractivity contribution is -0.158. The molecule has 2 fully saturated rings. The second-order valence-electron chi connectivity index (χ2n) is 7.19. The molecule has 0 saturated carbocycles. The second-order valence-corrected chi connectivity index (χ2v) is 7.19. The molecule has 2 rings (SSSR count). The molecule has 2 atom stereocenters. The van der Waals surface area contributed by atoms with Crippen LogP contribution in [0.1, 0.15) is 45.4 Å². The molecule has 8 heteroatoms. The van der Waals surface area contributed by atoms with Gasteiger partial charge in [-0.3, -0.25) is 0 Å². The monoisotopic (exact) mass is 438 g/mol. The van der Waals surface area contributed by atoms with E-state index >= 15 is 0 Å². The fourth-order valence-electron chi connectivity index (χ4n) is 3.14. The third-order valence-electron chi connectivity index (χ3n) is 4.79. The van der Waals surface area contributed by atoms with E-state index in [4.69, 9.17) is 28.4 Å². The molecule has 0 aromatic carbocycles. The smallest absolute Gasteiger partial charge is 0.337 e. The summed E-state index contributed by atoms with van der Waals surface area (Å²) in [6.07, 6.45) is 11.4. The van der Waals surface area contributed by atoms with Gasteiger partial charge >= 0.3 is 11.9 Å². The van der Waals surface area contributed by atoms with Gasteiger partial charge in [0, 0.05) is 19.3 Å². The van der Waals surface area contributed by atoms with Gasteiger partial charge in [0.05, 0.1) is 32.5 Å². The van der Waals surface area contributed by atoms with Crippen molar-refractivity contribution in [2.75, 3.05) is 40.1 Å². The Labute approximate surface area is 184 Å². The highest BCUT2D eigenvalue weighted by molar-refractivity contribution is 5.94. The molecule has 2 unspecified atom stereocenters. The second kappa shape index (κ2) is 14.9. The van der Waals surface area contributed by atoms with E-state index in [1.807, 2.05) is 6.08 Å². The van der Waals surface area contributed by atoms with Gasteiger partial charge in [-0.2, -0.15) is 0 Å². The van der Waals surface area contributed by atoms with E-state index in [9.17, 15) is 9.59 Å². The zero-order valence-electron chi connectivity index (χ0n) is 18.5. The minimum atomic E-state index is -0.572. The van der Waals surface area contributed by atoms with Gasteiger partial charge < -0.3 is 28.4 Å². The fraction of sp³-hybridized carbons (Fsp3) is 0.652. The Morgan fingerprint density at radius 1 is 0.968 bits per heavy atom. The van der Waals surface area contributed by atoms with Crippen molar-refractivity contribution >= 4 is 11.9 Å². The Bertz CT molecular complexity index is 640. The van der Waals surface area contributed by atoms with Gasteiger partial charge in [-0.15, -0.1) is 0 Å². The van der Waals surface area contributed by atoms with Crippen LogP contribution in [0, 0.1) is 0 Å². The third kappa shape index (κ3) is 10.2. The average molecular weight is 439 g/mol. The van der Waals surface area contributed by atoms with E-state index < -0.39 is 11.9 Å². The largest absolute Gasteiger partial charge is 0.465 e. The molecule has 0 bridgehead atoms. The molecule has 31 heavy (non-hydrogen) atoms. The first-order chi connectivity index (χ1) is 15.1. The van der Waals surface area contributed by atoms with Crippen LogP contribution in [-0.4, -0.2) is 64.7 Å². The summed E-state index contributed by atoms with van der Waals surface area (Å²) in [4.78, 5) is 23.9. The Hall–Kier alpha value is -2.00. The van der Waals surface area contributed by atoms with Crippen molar-refractivity contribution in [1.29, 1.82) is 0 Å².